The van der Waals surface area contributed by atoms with Gasteiger partial charge in [-0.15, -0.1) is 0 Å². The molecule has 1 saturated heterocycles. The van der Waals surface area contributed by atoms with E-state index in [1.165, 1.54) is 5.52 Å². The molecule has 2 heterocycles. The van der Waals surface area contributed by atoms with Crippen LogP contribution >= 0.6 is 0 Å². The van der Waals surface area contributed by atoms with Crippen molar-refractivity contribution in [2.45, 2.75) is 19.4 Å². The number of nitrogens with zero attached hydrogens (tertiary/aromatic N) is 3. The lowest BCUT2D eigenvalue weighted by Gasteiger charge is -2.27. The zero-order valence-corrected chi connectivity index (χ0v) is 12.5. The van der Waals surface area contributed by atoms with Crippen LogP contribution in [0.1, 0.15) is 12.2 Å². The van der Waals surface area contributed by atoms with Crippen molar-refractivity contribution in [3.63, 3.8) is 0 Å². The second-order valence-corrected chi connectivity index (χ2v) is 5.51. The predicted molar refractivity (Wildman–Crippen MR) is 84.4 cm³/mol. The summed E-state index contributed by atoms with van der Waals surface area (Å²) < 4.78 is 7.77. The molecule has 0 bridgehead atoms. The molecule has 1 aliphatic rings. The number of aryl methyl sites for hydroxylation is 1. The first-order chi connectivity index (χ1) is 10.4. The third kappa shape index (κ3) is 3.43. The van der Waals surface area contributed by atoms with Gasteiger partial charge in [0, 0.05) is 32.6 Å². The normalized spacial score (nSPS) is 16.6. The van der Waals surface area contributed by atoms with Gasteiger partial charge in [-0.2, -0.15) is 0 Å². The van der Waals surface area contributed by atoms with Crippen molar-refractivity contribution in [3.05, 3.63) is 30.1 Å². The summed E-state index contributed by atoms with van der Waals surface area (Å²) in [4.78, 5) is 7.24. The minimum Gasteiger partial charge on any atom is -0.379 e. The molecule has 2 aromatic rings. The number of hydrogen-bond donors (Lipinski definition) is 1. The van der Waals surface area contributed by atoms with Crippen molar-refractivity contribution >= 4 is 11.0 Å². The lowest BCUT2D eigenvalue weighted by Crippen LogP contribution is -2.38. The fourth-order valence-corrected chi connectivity index (χ4v) is 2.89. The maximum Gasteiger partial charge on any atom is 0.109 e. The van der Waals surface area contributed by atoms with Gasteiger partial charge in [-0.05, 0) is 25.1 Å². The average Bonchev–Trinajstić information content (AvgIpc) is 2.89. The van der Waals surface area contributed by atoms with Crippen LogP contribution in [0.4, 0.5) is 0 Å². The van der Waals surface area contributed by atoms with Gasteiger partial charge in [0.2, 0.25) is 0 Å². The molecule has 0 unspecified atom stereocenters. The Kier molecular flexibility index (Phi) is 4.85. The Hall–Kier alpha value is -1.43. The van der Waals surface area contributed by atoms with Gasteiger partial charge >= 0.3 is 0 Å². The predicted octanol–water partition coefficient (Wildman–Crippen LogP) is 1.26. The Morgan fingerprint density at radius 1 is 1.14 bits per heavy atom. The van der Waals surface area contributed by atoms with Gasteiger partial charge in [-0.25, -0.2) is 4.98 Å². The van der Waals surface area contributed by atoms with Crippen LogP contribution in [0.15, 0.2) is 24.3 Å². The topological polar surface area (TPSA) is 56.3 Å². The summed E-state index contributed by atoms with van der Waals surface area (Å²) >= 11 is 0. The Morgan fingerprint density at radius 3 is 2.76 bits per heavy atom. The van der Waals surface area contributed by atoms with Crippen molar-refractivity contribution < 1.29 is 4.74 Å². The van der Waals surface area contributed by atoms with Crippen molar-refractivity contribution in [1.29, 1.82) is 0 Å². The molecule has 1 fully saturated rings. The fraction of sp³-hybridized carbons (Fsp3) is 0.562. The smallest absolute Gasteiger partial charge is 0.109 e. The molecule has 0 radical (unpaired) electrons. The third-order valence-electron chi connectivity index (χ3n) is 4.08. The molecule has 5 heteroatoms. The molecular weight excluding hydrogens is 264 g/mol. The molecule has 0 saturated carbocycles. The van der Waals surface area contributed by atoms with E-state index in [2.05, 4.69) is 27.7 Å². The van der Waals surface area contributed by atoms with Gasteiger partial charge in [0.1, 0.15) is 5.82 Å². The van der Waals surface area contributed by atoms with Crippen LogP contribution in [0.25, 0.3) is 11.0 Å². The number of nitrogens with two attached hydrogens (primary N) is 1. The van der Waals surface area contributed by atoms with Crippen LogP contribution in [0, 0.1) is 0 Å². The van der Waals surface area contributed by atoms with Gasteiger partial charge < -0.3 is 15.0 Å². The van der Waals surface area contributed by atoms with Crippen LogP contribution < -0.4 is 5.73 Å². The molecule has 5 nitrogen and oxygen atoms in total. The van der Waals surface area contributed by atoms with Crippen molar-refractivity contribution in [3.8, 4) is 0 Å². The lowest BCUT2D eigenvalue weighted by molar-refractivity contribution is 0.0364. The van der Waals surface area contributed by atoms with E-state index in [-0.39, 0.29) is 0 Å². The summed E-state index contributed by atoms with van der Waals surface area (Å²) in [6, 6.07) is 8.39. The molecular formula is C16H24N4O. The molecule has 1 aliphatic heterocycles. The summed E-state index contributed by atoms with van der Waals surface area (Å²) in [5.41, 5.74) is 7.98. The van der Waals surface area contributed by atoms with E-state index in [4.69, 9.17) is 15.5 Å². The highest BCUT2D eigenvalue weighted by molar-refractivity contribution is 5.75. The number of rotatable bonds is 6. The van der Waals surface area contributed by atoms with Gasteiger partial charge in [0.15, 0.2) is 0 Å². The molecule has 1 aromatic carbocycles. The Balaban J connectivity index is 1.77. The number of para-hydroxylation sites is 2. The molecule has 114 valence electrons. The molecule has 3 rings (SSSR count). The van der Waals surface area contributed by atoms with Crippen LogP contribution in [0.2, 0.25) is 0 Å². The first-order valence-corrected chi connectivity index (χ1v) is 7.83. The van der Waals surface area contributed by atoms with Crippen LogP contribution in [0.5, 0.6) is 0 Å². The molecule has 1 aromatic heterocycles. The van der Waals surface area contributed by atoms with Crippen molar-refractivity contribution in [2.75, 3.05) is 39.4 Å². The highest BCUT2D eigenvalue weighted by atomic mass is 16.5. The van der Waals surface area contributed by atoms with Crippen LogP contribution in [-0.2, 0) is 17.7 Å². The highest BCUT2D eigenvalue weighted by Gasteiger charge is 2.13. The molecule has 0 aliphatic carbocycles. The number of fused-ring (bicyclic) bond motifs is 1. The minimum atomic E-state index is 0.715. The first kappa shape index (κ1) is 14.5. The molecule has 0 atom stereocenters. The quantitative estimate of drug-likeness (QED) is 0.869. The lowest BCUT2D eigenvalue weighted by atomic mass is 10.3. The monoisotopic (exact) mass is 288 g/mol. The van der Waals surface area contributed by atoms with E-state index in [0.717, 1.165) is 63.6 Å². The summed E-state index contributed by atoms with van der Waals surface area (Å²) in [6.07, 6.45) is 1.94. The number of ether oxygens (including phenoxy) is 1. The Bertz CT molecular complexity index is 575. The van der Waals surface area contributed by atoms with E-state index in [1.54, 1.807) is 0 Å². The van der Waals surface area contributed by atoms with E-state index in [0.29, 0.717) is 6.54 Å². The van der Waals surface area contributed by atoms with E-state index in [9.17, 15) is 0 Å². The SMILES string of the molecule is NCCCc1nc2ccccc2n1CCN1CCOCC1. The maximum atomic E-state index is 5.65. The van der Waals surface area contributed by atoms with Gasteiger partial charge in [-0.1, -0.05) is 12.1 Å². The fourth-order valence-electron chi connectivity index (χ4n) is 2.89. The zero-order chi connectivity index (χ0) is 14.5. The number of imidazole rings is 1. The van der Waals surface area contributed by atoms with Crippen LogP contribution in [-0.4, -0.2) is 53.8 Å². The third-order valence-corrected chi connectivity index (χ3v) is 4.08. The molecule has 21 heavy (non-hydrogen) atoms. The first-order valence-electron chi connectivity index (χ1n) is 7.83. The van der Waals surface area contributed by atoms with E-state index < -0.39 is 0 Å². The van der Waals surface area contributed by atoms with E-state index in [1.807, 2.05) is 6.07 Å². The summed E-state index contributed by atoms with van der Waals surface area (Å²) in [5, 5.41) is 0. The maximum absolute atomic E-state index is 5.65. The summed E-state index contributed by atoms with van der Waals surface area (Å²) in [6.45, 7) is 6.53. The van der Waals surface area contributed by atoms with E-state index >= 15 is 0 Å². The molecule has 0 amide bonds. The Labute approximate surface area is 125 Å². The number of morpholine rings is 1. The molecule has 0 spiro atoms. The standard InChI is InChI=1S/C16H24N4O/c17-7-3-6-16-18-14-4-1-2-5-15(14)20(16)9-8-19-10-12-21-13-11-19/h1-2,4-5H,3,6-13,17H2. The second-order valence-electron chi connectivity index (χ2n) is 5.51. The minimum absolute atomic E-state index is 0.715. The summed E-state index contributed by atoms with van der Waals surface area (Å²) in [7, 11) is 0. The summed E-state index contributed by atoms with van der Waals surface area (Å²) in [5.74, 6) is 1.16. The zero-order valence-electron chi connectivity index (χ0n) is 12.5. The van der Waals surface area contributed by atoms with Crippen LogP contribution in [0.3, 0.4) is 0 Å². The number of hydrogen-bond acceptors (Lipinski definition) is 4. The number of aromatic nitrogens is 2. The average molecular weight is 288 g/mol. The van der Waals surface area contributed by atoms with Crippen molar-refractivity contribution in [2.24, 2.45) is 5.73 Å². The Morgan fingerprint density at radius 2 is 1.95 bits per heavy atom. The van der Waals surface area contributed by atoms with Gasteiger partial charge in [-0.3, -0.25) is 4.90 Å². The number of benzene rings is 1. The van der Waals surface area contributed by atoms with Gasteiger partial charge in [0.25, 0.3) is 0 Å². The van der Waals surface area contributed by atoms with Crippen molar-refractivity contribution in [1.82, 2.24) is 14.5 Å². The molecule has 2 N–H and O–H groups in total. The largest absolute Gasteiger partial charge is 0.379 e. The van der Waals surface area contributed by atoms with Gasteiger partial charge in [0.05, 0.1) is 24.2 Å². The second kappa shape index (κ2) is 7.02. The highest BCUT2D eigenvalue weighted by Crippen LogP contribution is 2.17.